The van der Waals surface area contributed by atoms with Crippen molar-refractivity contribution in [1.29, 1.82) is 0 Å². The van der Waals surface area contributed by atoms with Gasteiger partial charge in [0.15, 0.2) is 0 Å². The minimum atomic E-state index is -1.04. The molecule has 0 fully saturated rings. The van der Waals surface area contributed by atoms with E-state index in [1.54, 1.807) is 0 Å². The highest BCUT2D eigenvalue weighted by Crippen LogP contribution is 2.35. The number of hydrogen-bond donors (Lipinski definition) is 4. The van der Waals surface area contributed by atoms with Gasteiger partial charge in [-0.1, -0.05) is 0 Å². The van der Waals surface area contributed by atoms with Crippen molar-refractivity contribution in [3.8, 4) is 0 Å². The number of aliphatic carboxylic acids is 1. The second kappa shape index (κ2) is 9.12. The van der Waals surface area contributed by atoms with Crippen LogP contribution in [0.15, 0.2) is 0 Å². The largest absolute Gasteiger partial charge is 0.481 e. The van der Waals surface area contributed by atoms with Crippen LogP contribution in [0.2, 0.25) is 0 Å². The molecule has 0 aliphatic carbocycles. The van der Waals surface area contributed by atoms with E-state index in [1.165, 1.54) is 6.92 Å². The summed E-state index contributed by atoms with van der Waals surface area (Å²) < 4.78 is 1.22. The summed E-state index contributed by atoms with van der Waals surface area (Å²) in [6, 6.07) is 0. The summed E-state index contributed by atoms with van der Waals surface area (Å²) in [7, 11) is 0. The fourth-order valence-electron chi connectivity index (χ4n) is 1.74. The Balaban J connectivity index is 3.44. The van der Waals surface area contributed by atoms with Crippen molar-refractivity contribution in [2.75, 3.05) is 11.9 Å². The number of carbonyl (C=O) groups is 4. The number of nitrogens with one attached hydrogen (secondary N) is 2. The van der Waals surface area contributed by atoms with Gasteiger partial charge in [0, 0.05) is 17.0 Å². The quantitative estimate of drug-likeness (QED) is 0.342. The normalized spacial score (nSPS) is 10.2. The summed E-state index contributed by atoms with van der Waals surface area (Å²) in [6.07, 6.45) is -0.232. The Bertz CT molecular complexity index is 736. The second-order valence-corrected chi connectivity index (χ2v) is 7.75. The fourth-order valence-corrected chi connectivity index (χ4v) is 6.19. The highest BCUT2D eigenvalue weighted by molar-refractivity contribution is 14.1. The summed E-state index contributed by atoms with van der Waals surface area (Å²) in [5, 5.41) is 13.7. The van der Waals surface area contributed by atoms with E-state index >= 15 is 0 Å². The van der Waals surface area contributed by atoms with E-state index in [4.69, 9.17) is 10.8 Å². The predicted molar refractivity (Wildman–Crippen MR) is 112 cm³/mol. The van der Waals surface area contributed by atoms with Gasteiger partial charge in [-0.25, -0.2) is 0 Å². The van der Waals surface area contributed by atoms with Crippen molar-refractivity contribution in [3.05, 3.63) is 21.8 Å². The van der Waals surface area contributed by atoms with Gasteiger partial charge in [0.05, 0.1) is 30.4 Å². The van der Waals surface area contributed by atoms with Crippen molar-refractivity contribution >= 4 is 97.2 Å². The summed E-state index contributed by atoms with van der Waals surface area (Å²) in [6.45, 7) is 1.24. The lowest BCUT2D eigenvalue weighted by Crippen LogP contribution is -2.30. The Morgan fingerprint density at radius 1 is 1.04 bits per heavy atom. The molecule has 1 rings (SSSR count). The van der Waals surface area contributed by atoms with Crippen molar-refractivity contribution < 1.29 is 24.3 Å². The molecule has 24 heavy (non-hydrogen) atoms. The van der Waals surface area contributed by atoms with Gasteiger partial charge in [0.2, 0.25) is 5.91 Å². The molecule has 0 aromatic heterocycles. The van der Waals surface area contributed by atoms with Crippen molar-refractivity contribution in [1.82, 2.24) is 5.32 Å². The van der Waals surface area contributed by atoms with Gasteiger partial charge in [-0.05, 0) is 67.8 Å². The molecule has 3 amide bonds. The van der Waals surface area contributed by atoms with Crippen LogP contribution < -0.4 is 16.4 Å². The highest BCUT2D eigenvalue weighted by Gasteiger charge is 2.27. The number of hydrogen-bond acceptors (Lipinski definition) is 4. The van der Waals surface area contributed by atoms with Gasteiger partial charge < -0.3 is 21.5 Å². The zero-order valence-electron chi connectivity index (χ0n) is 12.2. The molecule has 0 saturated carbocycles. The third kappa shape index (κ3) is 5.14. The van der Waals surface area contributed by atoms with E-state index < -0.39 is 17.8 Å². The lowest BCUT2D eigenvalue weighted by molar-refractivity contribution is -0.136. The number of nitrogens with two attached hydrogens (primary N) is 1. The number of primary amides is 1. The number of carboxylic acids is 1. The van der Waals surface area contributed by atoms with E-state index in [0.29, 0.717) is 16.4 Å². The Morgan fingerprint density at radius 2 is 1.58 bits per heavy atom. The minimum Gasteiger partial charge on any atom is -0.481 e. The molecule has 1 aromatic carbocycles. The van der Waals surface area contributed by atoms with Crippen LogP contribution in [0.5, 0.6) is 0 Å². The van der Waals surface area contributed by atoms with Gasteiger partial charge in [-0.15, -0.1) is 0 Å². The molecular weight excluding hydrogens is 659 g/mol. The van der Waals surface area contributed by atoms with Crippen LogP contribution >= 0.6 is 67.8 Å². The predicted octanol–water partition coefficient (Wildman–Crippen LogP) is 1.76. The molecule has 8 nitrogen and oxygen atoms in total. The van der Waals surface area contributed by atoms with Gasteiger partial charge in [0.1, 0.15) is 0 Å². The maximum atomic E-state index is 12.4. The number of amides is 3. The number of carbonyl (C=O) groups excluding carboxylic acids is 3. The SMILES string of the molecule is CC(=O)Nc1c(I)c(C(N)=O)c(I)c(C(=O)NCCC(=O)O)c1I. The monoisotopic (exact) mass is 671 g/mol. The van der Waals surface area contributed by atoms with Crippen LogP contribution in [0, 0.1) is 10.7 Å². The third-order valence-electron chi connectivity index (χ3n) is 2.72. The summed E-state index contributed by atoms with van der Waals surface area (Å²) >= 11 is 5.61. The molecule has 1 aromatic rings. The Morgan fingerprint density at radius 3 is 2.04 bits per heavy atom. The zero-order chi connectivity index (χ0) is 18.6. The van der Waals surface area contributed by atoms with E-state index in [1.807, 2.05) is 67.8 Å². The number of halogens is 3. The third-order valence-corrected chi connectivity index (χ3v) is 5.95. The molecule has 0 heterocycles. The number of benzene rings is 1. The van der Waals surface area contributed by atoms with Gasteiger partial charge in [-0.2, -0.15) is 0 Å². The summed E-state index contributed by atoms with van der Waals surface area (Å²) in [5.41, 5.74) is 6.02. The topological polar surface area (TPSA) is 139 Å². The molecule has 0 saturated heterocycles. The molecule has 0 aliphatic rings. The Hall–Kier alpha value is -0.710. The lowest BCUT2D eigenvalue weighted by atomic mass is 10.1. The maximum Gasteiger partial charge on any atom is 0.305 e. The van der Waals surface area contributed by atoms with Crippen LogP contribution in [0.25, 0.3) is 0 Å². The molecule has 0 unspecified atom stereocenters. The standard InChI is InChI=1S/C13H12I3N3O5/c1-4(20)19-11-9(15)6(12(17)23)8(14)7(10(11)16)13(24)18-3-2-5(21)22/h2-3H2,1H3,(H2,17,23)(H,18,24)(H,19,20)(H,21,22). The molecule has 0 bridgehead atoms. The molecule has 11 heteroatoms. The zero-order valence-corrected chi connectivity index (χ0v) is 18.7. The van der Waals surface area contributed by atoms with Crippen LogP contribution in [0.3, 0.4) is 0 Å². The molecular formula is C13H12I3N3O5. The van der Waals surface area contributed by atoms with E-state index in [0.717, 1.165) is 0 Å². The minimum absolute atomic E-state index is 0.0618. The molecule has 0 atom stereocenters. The highest BCUT2D eigenvalue weighted by atomic mass is 127. The van der Waals surface area contributed by atoms with Crippen LogP contribution in [0.1, 0.15) is 34.1 Å². The average molecular weight is 671 g/mol. The Labute approximate surface area is 178 Å². The average Bonchev–Trinajstić information content (AvgIpc) is 2.42. The molecule has 0 spiro atoms. The van der Waals surface area contributed by atoms with Gasteiger partial charge in [0.25, 0.3) is 11.8 Å². The van der Waals surface area contributed by atoms with Gasteiger partial charge in [-0.3, -0.25) is 19.2 Å². The van der Waals surface area contributed by atoms with Crippen molar-refractivity contribution in [3.63, 3.8) is 0 Å². The lowest BCUT2D eigenvalue weighted by Gasteiger charge is -2.17. The number of rotatable bonds is 6. The molecule has 0 aliphatic heterocycles. The molecule has 0 radical (unpaired) electrons. The number of carboxylic acid groups (broad SMARTS) is 1. The van der Waals surface area contributed by atoms with E-state index in [2.05, 4.69) is 10.6 Å². The molecule has 5 N–H and O–H groups in total. The fraction of sp³-hybridized carbons (Fsp3) is 0.231. The first kappa shape index (κ1) is 21.3. The van der Waals surface area contributed by atoms with Crippen LogP contribution in [-0.4, -0.2) is 35.3 Å². The van der Waals surface area contributed by atoms with Crippen molar-refractivity contribution in [2.24, 2.45) is 5.73 Å². The van der Waals surface area contributed by atoms with Crippen LogP contribution in [-0.2, 0) is 9.59 Å². The first-order valence-electron chi connectivity index (χ1n) is 6.35. The van der Waals surface area contributed by atoms with E-state index in [9.17, 15) is 19.2 Å². The van der Waals surface area contributed by atoms with Gasteiger partial charge >= 0.3 is 5.97 Å². The summed E-state index contributed by atoms with van der Waals surface area (Å²) in [4.78, 5) is 46.1. The number of anilines is 1. The molecule has 130 valence electrons. The summed E-state index contributed by atoms with van der Waals surface area (Å²) in [5.74, 6) is -2.68. The second-order valence-electron chi connectivity index (χ2n) is 4.51. The van der Waals surface area contributed by atoms with Crippen molar-refractivity contribution in [2.45, 2.75) is 13.3 Å². The van der Waals surface area contributed by atoms with Crippen LogP contribution in [0.4, 0.5) is 5.69 Å². The first-order valence-corrected chi connectivity index (χ1v) is 9.59. The Kier molecular flexibility index (Phi) is 8.10. The smallest absolute Gasteiger partial charge is 0.305 e. The first-order chi connectivity index (χ1) is 11.1. The van der Waals surface area contributed by atoms with E-state index in [-0.39, 0.29) is 30.0 Å². The maximum absolute atomic E-state index is 12.4.